The molecule has 1 fully saturated rings. The van der Waals surface area contributed by atoms with Gasteiger partial charge in [-0.25, -0.2) is 9.59 Å². The second-order valence-corrected chi connectivity index (χ2v) is 4.00. The Morgan fingerprint density at radius 1 is 1.40 bits per heavy atom. The van der Waals surface area contributed by atoms with Crippen molar-refractivity contribution in [1.82, 2.24) is 9.80 Å². The minimum Gasteiger partial charge on any atom is -0.480 e. The molecule has 0 aromatic carbocycles. The first-order valence-corrected chi connectivity index (χ1v) is 5.21. The number of carboxylic acid groups (broad SMARTS) is 1. The maximum atomic E-state index is 11.8. The molecule has 5 heteroatoms. The highest BCUT2D eigenvalue weighted by atomic mass is 16.4. The fourth-order valence-electron chi connectivity index (χ4n) is 1.61. The Morgan fingerprint density at radius 2 is 1.93 bits per heavy atom. The van der Waals surface area contributed by atoms with Crippen molar-refractivity contribution < 1.29 is 14.7 Å². The quantitative estimate of drug-likeness (QED) is 0.759. The molecule has 1 atom stereocenters. The maximum absolute atomic E-state index is 11.8. The van der Waals surface area contributed by atoms with Crippen LogP contribution in [0.15, 0.2) is 0 Å². The zero-order valence-electron chi connectivity index (χ0n) is 9.43. The van der Waals surface area contributed by atoms with Crippen molar-refractivity contribution in [2.24, 2.45) is 0 Å². The van der Waals surface area contributed by atoms with Crippen LogP contribution in [0.5, 0.6) is 0 Å². The van der Waals surface area contributed by atoms with Crippen molar-refractivity contribution in [2.75, 3.05) is 14.1 Å². The largest absolute Gasteiger partial charge is 0.480 e. The number of amides is 2. The number of likely N-dealkylation sites (N-methyl/N-ethyl adjacent to an activating group) is 1. The molecule has 1 unspecified atom stereocenters. The fourth-order valence-corrected chi connectivity index (χ4v) is 1.61. The van der Waals surface area contributed by atoms with Crippen LogP contribution in [0.3, 0.4) is 0 Å². The molecule has 0 heterocycles. The third kappa shape index (κ3) is 2.61. The normalized spacial score (nSPS) is 17.0. The Morgan fingerprint density at radius 3 is 2.27 bits per heavy atom. The van der Waals surface area contributed by atoms with Gasteiger partial charge < -0.3 is 14.9 Å². The summed E-state index contributed by atoms with van der Waals surface area (Å²) in [5.74, 6) is -0.947. The standard InChI is InChI=1S/C10H18N2O3/c1-4-8(9(13)14)12(3)10(15)11(2)7-5-6-7/h7-8H,4-6H2,1-3H3,(H,13,14). The average molecular weight is 214 g/mol. The van der Waals surface area contributed by atoms with Gasteiger partial charge in [0.1, 0.15) is 6.04 Å². The highest BCUT2D eigenvalue weighted by Crippen LogP contribution is 2.26. The van der Waals surface area contributed by atoms with Crippen LogP contribution in [-0.4, -0.2) is 53.1 Å². The number of nitrogens with zero attached hydrogens (tertiary/aromatic N) is 2. The fraction of sp³-hybridized carbons (Fsp3) is 0.800. The SMILES string of the molecule is CCC(C(=O)O)N(C)C(=O)N(C)C1CC1. The van der Waals surface area contributed by atoms with E-state index < -0.39 is 12.0 Å². The van der Waals surface area contributed by atoms with Crippen molar-refractivity contribution in [3.05, 3.63) is 0 Å². The van der Waals surface area contributed by atoms with Crippen LogP contribution in [0.4, 0.5) is 4.79 Å². The lowest BCUT2D eigenvalue weighted by atomic mass is 10.2. The van der Waals surface area contributed by atoms with Crippen LogP contribution in [0.25, 0.3) is 0 Å². The molecule has 0 bridgehead atoms. The number of urea groups is 1. The van der Waals surface area contributed by atoms with E-state index >= 15 is 0 Å². The summed E-state index contributed by atoms with van der Waals surface area (Å²) < 4.78 is 0. The van der Waals surface area contributed by atoms with Crippen LogP contribution in [0, 0.1) is 0 Å². The zero-order chi connectivity index (χ0) is 11.6. The summed E-state index contributed by atoms with van der Waals surface area (Å²) in [5.41, 5.74) is 0. The van der Waals surface area contributed by atoms with E-state index in [1.807, 2.05) is 0 Å². The van der Waals surface area contributed by atoms with Crippen molar-refractivity contribution in [2.45, 2.75) is 38.3 Å². The lowest BCUT2D eigenvalue weighted by molar-refractivity contribution is -0.142. The predicted molar refractivity (Wildman–Crippen MR) is 55.7 cm³/mol. The summed E-state index contributed by atoms with van der Waals surface area (Å²) in [5, 5.41) is 8.92. The Kier molecular flexibility index (Phi) is 3.55. The van der Waals surface area contributed by atoms with E-state index in [1.165, 1.54) is 4.90 Å². The zero-order valence-corrected chi connectivity index (χ0v) is 9.43. The smallest absolute Gasteiger partial charge is 0.326 e. The number of carbonyl (C=O) groups is 2. The molecule has 0 aliphatic heterocycles. The van der Waals surface area contributed by atoms with Crippen LogP contribution in [-0.2, 0) is 4.79 Å². The van der Waals surface area contributed by atoms with Gasteiger partial charge in [-0.3, -0.25) is 0 Å². The number of hydrogen-bond donors (Lipinski definition) is 1. The minimum absolute atomic E-state index is 0.202. The van der Waals surface area contributed by atoms with E-state index in [0.29, 0.717) is 12.5 Å². The van der Waals surface area contributed by atoms with E-state index in [4.69, 9.17) is 5.11 Å². The molecule has 0 aromatic rings. The van der Waals surface area contributed by atoms with Crippen LogP contribution >= 0.6 is 0 Å². The van der Waals surface area contributed by atoms with Crippen molar-refractivity contribution in [1.29, 1.82) is 0 Å². The van der Waals surface area contributed by atoms with Crippen LogP contribution in [0.2, 0.25) is 0 Å². The first kappa shape index (κ1) is 11.8. The van der Waals surface area contributed by atoms with Gasteiger partial charge in [0.15, 0.2) is 0 Å². The van der Waals surface area contributed by atoms with Gasteiger partial charge in [0.05, 0.1) is 0 Å². The molecule has 86 valence electrons. The molecule has 0 aromatic heterocycles. The van der Waals surface area contributed by atoms with Crippen molar-refractivity contribution in [3.63, 3.8) is 0 Å². The van der Waals surface area contributed by atoms with E-state index in [1.54, 1.807) is 25.9 Å². The minimum atomic E-state index is -0.947. The molecule has 1 N–H and O–H groups in total. The third-order valence-corrected chi connectivity index (χ3v) is 2.84. The molecule has 1 saturated carbocycles. The van der Waals surface area contributed by atoms with E-state index in [2.05, 4.69) is 0 Å². The maximum Gasteiger partial charge on any atom is 0.326 e. The molecule has 5 nitrogen and oxygen atoms in total. The van der Waals surface area contributed by atoms with Gasteiger partial charge in [0.25, 0.3) is 0 Å². The molecule has 15 heavy (non-hydrogen) atoms. The Labute approximate surface area is 89.7 Å². The summed E-state index contributed by atoms with van der Waals surface area (Å²) in [7, 11) is 3.27. The molecule has 1 aliphatic carbocycles. The lowest BCUT2D eigenvalue weighted by Gasteiger charge is -2.28. The summed E-state index contributed by atoms with van der Waals surface area (Å²) in [6.45, 7) is 1.76. The number of carboxylic acids is 1. The molecule has 0 radical (unpaired) electrons. The summed E-state index contributed by atoms with van der Waals surface area (Å²) in [4.78, 5) is 25.6. The Balaban J connectivity index is 2.60. The lowest BCUT2D eigenvalue weighted by Crippen LogP contribution is -2.48. The second kappa shape index (κ2) is 4.51. The van der Waals surface area contributed by atoms with Crippen molar-refractivity contribution in [3.8, 4) is 0 Å². The van der Waals surface area contributed by atoms with Crippen molar-refractivity contribution >= 4 is 12.0 Å². The van der Waals surface area contributed by atoms with E-state index in [9.17, 15) is 9.59 Å². The van der Waals surface area contributed by atoms with Gasteiger partial charge in [-0.15, -0.1) is 0 Å². The summed E-state index contributed by atoms with van der Waals surface area (Å²) in [6.07, 6.45) is 2.48. The highest BCUT2D eigenvalue weighted by Gasteiger charge is 2.34. The second-order valence-electron chi connectivity index (χ2n) is 4.00. The van der Waals surface area contributed by atoms with Crippen LogP contribution in [0.1, 0.15) is 26.2 Å². The molecule has 2 amide bonds. The first-order valence-electron chi connectivity index (χ1n) is 5.21. The molecule has 1 rings (SSSR count). The number of rotatable bonds is 4. The summed E-state index contributed by atoms with van der Waals surface area (Å²) >= 11 is 0. The highest BCUT2D eigenvalue weighted by molar-refractivity contribution is 5.82. The Hall–Kier alpha value is -1.26. The van der Waals surface area contributed by atoms with Gasteiger partial charge in [-0.2, -0.15) is 0 Å². The molecular formula is C10H18N2O3. The molecular weight excluding hydrogens is 196 g/mol. The van der Waals surface area contributed by atoms with E-state index in [-0.39, 0.29) is 6.03 Å². The molecule has 0 saturated heterocycles. The summed E-state index contributed by atoms with van der Waals surface area (Å²) in [6, 6.07) is -0.614. The number of carbonyl (C=O) groups excluding carboxylic acids is 1. The number of aliphatic carboxylic acids is 1. The average Bonchev–Trinajstić information content (AvgIpc) is 2.99. The Bertz CT molecular complexity index is 263. The van der Waals surface area contributed by atoms with Gasteiger partial charge in [0.2, 0.25) is 0 Å². The van der Waals surface area contributed by atoms with Gasteiger partial charge in [-0.1, -0.05) is 6.92 Å². The predicted octanol–water partition coefficient (Wildman–Crippen LogP) is 0.996. The molecule has 1 aliphatic rings. The topological polar surface area (TPSA) is 60.9 Å². The number of hydrogen-bond acceptors (Lipinski definition) is 2. The molecule has 0 spiro atoms. The van der Waals surface area contributed by atoms with Gasteiger partial charge >= 0.3 is 12.0 Å². The van der Waals surface area contributed by atoms with Gasteiger partial charge in [0, 0.05) is 20.1 Å². The van der Waals surface area contributed by atoms with Gasteiger partial charge in [-0.05, 0) is 19.3 Å². The van der Waals surface area contributed by atoms with E-state index in [0.717, 1.165) is 12.8 Å². The third-order valence-electron chi connectivity index (χ3n) is 2.84. The first-order chi connectivity index (χ1) is 6.99. The monoisotopic (exact) mass is 214 g/mol. The van der Waals surface area contributed by atoms with Crippen LogP contribution < -0.4 is 0 Å².